The quantitative estimate of drug-likeness (QED) is 0.881. The van der Waals surface area contributed by atoms with E-state index in [0.29, 0.717) is 24.4 Å². The number of carbonyl (C=O) groups is 1. The van der Waals surface area contributed by atoms with Gasteiger partial charge < -0.3 is 9.80 Å². The standard InChI is InChI=1S/C20H23F2N5O/c21-16-2-1-14(17(22)6-16)5-13-7-20(8-13)11-27(12-20)19(28)26-4-3-15(10-26)18-9-23-25-24-18/h1-2,6,9,13,15H,3-5,7-8,10-12H2,(H,23,24,25)/t15-/m0/s1. The summed E-state index contributed by atoms with van der Waals surface area (Å²) in [5.41, 5.74) is 1.72. The van der Waals surface area contributed by atoms with Gasteiger partial charge in [-0.1, -0.05) is 6.07 Å². The van der Waals surface area contributed by atoms with Gasteiger partial charge in [0.1, 0.15) is 11.6 Å². The average molecular weight is 387 g/mol. The number of aromatic nitrogens is 3. The first-order chi connectivity index (χ1) is 13.5. The van der Waals surface area contributed by atoms with E-state index in [9.17, 15) is 13.6 Å². The molecule has 1 aliphatic carbocycles. The van der Waals surface area contributed by atoms with Gasteiger partial charge in [-0.3, -0.25) is 0 Å². The number of halogens is 2. The van der Waals surface area contributed by atoms with E-state index < -0.39 is 11.6 Å². The van der Waals surface area contributed by atoms with Crippen LogP contribution >= 0.6 is 0 Å². The van der Waals surface area contributed by atoms with E-state index in [1.54, 1.807) is 12.3 Å². The third-order valence-electron chi connectivity index (χ3n) is 6.60. The molecule has 0 bridgehead atoms. The number of carbonyl (C=O) groups excluding carboxylic acids is 1. The highest BCUT2D eigenvalue weighted by Gasteiger charge is 2.54. The van der Waals surface area contributed by atoms with Crippen LogP contribution in [0.15, 0.2) is 24.4 Å². The number of nitrogens with one attached hydrogen (secondary N) is 1. The number of aromatic amines is 1. The molecule has 3 aliphatic rings. The number of hydrogen-bond acceptors (Lipinski definition) is 3. The number of H-pyrrole nitrogens is 1. The van der Waals surface area contributed by atoms with Gasteiger partial charge in [0.25, 0.3) is 0 Å². The SMILES string of the molecule is O=C(N1CC[C@H](c2cn[nH]n2)C1)N1CC2(CC(Cc3ccc(F)cc3F)C2)C1. The predicted octanol–water partition coefficient (Wildman–Crippen LogP) is 2.95. The van der Waals surface area contributed by atoms with Gasteiger partial charge in [0.15, 0.2) is 0 Å². The summed E-state index contributed by atoms with van der Waals surface area (Å²) in [5.74, 6) is -0.314. The van der Waals surface area contributed by atoms with E-state index in [1.165, 1.54) is 6.07 Å². The van der Waals surface area contributed by atoms with Crippen LogP contribution in [-0.2, 0) is 6.42 Å². The minimum absolute atomic E-state index is 0.115. The molecule has 0 radical (unpaired) electrons. The molecule has 3 fully saturated rings. The van der Waals surface area contributed by atoms with Crippen molar-refractivity contribution < 1.29 is 13.6 Å². The Morgan fingerprint density at radius 1 is 1.25 bits per heavy atom. The molecule has 1 aromatic heterocycles. The molecule has 2 amide bonds. The molecule has 2 aromatic rings. The monoisotopic (exact) mass is 387 g/mol. The number of benzene rings is 1. The summed E-state index contributed by atoms with van der Waals surface area (Å²) in [6, 6.07) is 3.93. The zero-order valence-electron chi connectivity index (χ0n) is 15.6. The van der Waals surface area contributed by atoms with Crippen molar-refractivity contribution in [3.63, 3.8) is 0 Å². The molecule has 5 rings (SSSR count). The lowest BCUT2D eigenvalue weighted by molar-refractivity contribution is -0.0755. The maximum atomic E-state index is 13.8. The van der Waals surface area contributed by atoms with E-state index in [0.717, 1.165) is 50.7 Å². The molecule has 3 heterocycles. The van der Waals surface area contributed by atoms with Crippen LogP contribution in [0.2, 0.25) is 0 Å². The Bertz CT molecular complexity index is 873. The first-order valence-corrected chi connectivity index (χ1v) is 9.85. The third kappa shape index (κ3) is 3.04. The number of nitrogens with zero attached hydrogens (tertiary/aromatic N) is 4. The van der Waals surface area contributed by atoms with Crippen molar-refractivity contribution in [3.8, 4) is 0 Å². The molecule has 6 nitrogen and oxygen atoms in total. The van der Waals surface area contributed by atoms with E-state index >= 15 is 0 Å². The van der Waals surface area contributed by atoms with Crippen LogP contribution < -0.4 is 0 Å². The summed E-state index contributed by atoms with van der Waals surface area (Å²) >= 11 is 0. The van der Waals surface area contributed by atoms with Crippen LogP contribution in [0.1, 0.15) is 36.4 Å². The fourth-order valence-electron chi connectivity index (χ4n) is 5.25. The Labute approximate surface area is 161 Å². The van der Waals surface area contributed by atoms with Crippen molar-refractivity contribution in [2.24, 2.45) is 11.3 Å². The molecule has 1 spiro atoms. The average Bonchev–Trinajstić information content (AvgIpc) is 3.28. The van der Waals surface area contributed by atoms with Crippen molar-refractivity contribution >= 4 is 6.03 Å². The lowest BCUT2D eigenvalue weighted by atomic mass is 9.56. The summed E-state index contributed by atoms with van der Waals surface area (Å²) in [7, 11) is 0. The second-order valence-corrected chi connectivity index (χ2v) is 8.68. The Hall–Kier alpha value is -2.51. The number of likely N-dealkylation sites (tertiary alicyclic amines) is 2. The fraction of sp³-hybridized carbons (Fsp3) is 0.550. The van der Waals surface area contributed by atoms with E-state index in [-0.39, 0.29) is 17.4 Å². The van der Waals surface area contributed by atoms with Crippen LogP contribution in [0.25, 0.3) is 0 Å². The molecule has 148 valence electrons. The van der Waals surface area contributed by atoms with Crippen LogP contribution in [-0.4, -0.2) is 57.4 Å². The minimum Gasteiger partial charge on any atom is -0.324 e. The molecular formula is C20H23F2N5O. The molecular weight excluding hydrogens is 364 g/mol. The zero-order valence-corrected chi connectivity index (χ0v) is 15.6. The summed E-state index contributed by atoms with van der Waals surface area (Å²) in [5, 5.41) is 10.6. The number of hydrogen-bond donors (Lipinski definition) is 1. The third-order valence-corrected chi connectivity index (χ3v) is 6.60. The molecule has 8 heteroatoms. The van der Waals surface area contributed by atoms with Crippen LogP contribution in [0.4, 0.5) is 13.6 Å². The van der Waals surface area contributed by atoms with Gasteiger partial charge >= 0.3 is 6.03 Å². The maximum absolute atomic E-state index is 13.8. The molecule has 2 aliphatic heterocycles. The molecule has 28 heavy (non-hydrogen) atoms. The van der Waals surface area contributed by atoms with E-state index in [2.05, 4.69) is 15.4 Å². The molecule has 1 atom stereocenters. The highest BCUT2D eigenvalue weighted by atomic mass is 19.1. The van der Waals surface area contributed by atoms with Gasteiger partial charge in [-0.15, -0.1) is 0 Å². The molecule has 1 N–H and O–H groups in total. The molecule has 2 saturated heterocycles. The van der Waals surface area contributed by atoms with Gasteiger partial charge in [-0.25, -0.2) is 13.6 Å². The smallest absolute Gasteiger partial charge is 0.320 e. The predicted molar refractivity (Wildman–Crippen MR) is 97.5 cm³/mol. The largest absolute Gasteiger partial charge is 0.324 e. The van der Waals surface area contributed by atoms with E-state index in [1.807, 2.05) is 9.80 Å². The second kappa shape index (κ2) is 6.53. The van der Waals surface area contributed by atoms with Crippen LogP contribution in [0.3, 0.4) is 0 Å². The summed E-state index contributed by atoms with van der Waals surface area (Å²) in [6.45, 7) is 3.03. The van der Waals surface area contributed by atoms with Crippen molar-refractivity contribution in [3.05, 3.63) is 47.3 Å². The van der Waals surface area contributed by atoms with Crippen molar-refractivity contribution in [2.45, 2.75) is 31.6 Å². The first-order valence-electron chi connectivity index (χ1n) is 9.85. The van der Waals surface area contributed by atoms with Crippen molar-refractivity contribution in [2.75, 3.05) is 26.2 Å². The Balaban J connectivity index is 1.10. The van der Waals surface area contributed by atoms with Gasteiger partial charge in [0.05, 0.1) is 11.9 Å². The molecule has 0 unspecified atom stereocenters. The summed E-state index contributed by atoms with van der Waals surface area (Å²) in [6.07, 6.45) is 5.32. The Morgan fingerprint density at radius 2 is 2.07 bits per heavy atom. The summed E-state index contributed by atoms with van der Waals surface area (Å²) < 4.78 is 26.9. The molecule has 1 saturated carbocycles. The van der Waals surface area contributed by atoms with Crippen LogP contribution in [0, 0.1) is 23.0 Å². The Kier molecular flexibility index (Phi) is 4.10. The van der Waals surface area contributed by atoms with Crippen molar-refractivity contribution in [1.82, 2.24) is 25.2 Å². The van der Waals surface area contributed by atoms with Gasteiger partial charge in [0, 0.05) is 43.6 Å². The highest BCUT2D eigenvalue weighted by Crippen LogP contribution is 2.53. The van der Waals surface area contributed by atoms with Gasteiger partial charge in [0.2, 0.25) is 0 Å². The van der Waals surface area contributed by atoms with Crippen molar-refractivity contribution in [1.29, 1.82) is 0 Å². The minimum atomic E-state index is -0.535. The Morgan fingerprint density at radius 3 is 2.79 bits per heavy atom. The first kappa shape index (κ1) is 17.6. The second-order valence-electron chi connectivity index (χ2n) is 8.68. The number of rotatable bonds is 3. The van der Waals surface area contributed by atoms with E-state index in [4.69, 9.17) is 0 Å². The number of amides is 2. The van der Waals surface area contributed by atoms with Gasteiger partial charge in [-0.2, -0.15) is 15.4 Å². The number of urea groups is 1. The fourth-order valence-corrected chi connectivity index (χ4v) is 5.25. The van der Waals surface area contributed by atoms with Gasteiger partial charge in [-0.05, 0) is 43.2 Å². The lowest BCUT2D eigenvalue weighted by Crippen LogP contribution is -2.65. The van der Waals surface area contributed by atoms with Crippen LogP contribution in [0.5, 0.6) is 0 Å². The maximum Gasteiger partial charge on any atom is 0.320 e. The zero-order chi connectivity index (χ0) is 19.3. The lowest BCUT2D eigenvalue weighted by Gasteiger charge is -2.59. The topological polar surface area (TPSA) is 65.1 Å². The molecule has 1 aromatic carbocycles. The highest BCUT2D eigenvalue weighted by molar-refractivity contribution is 5.76. The summed E-state index contributed by atoms with van der Waals surface area (Å²) in [4.78, 5) is 16.6. The normalized spacial score (nSPS) is 23.7.